The molecule has 0 N–H and O–H groups in total. The molecule has 0 radical (unpaired) electrons. The van der Waals surface area contributed by atoms with Crippen molar-refractivity contribution >= 4 is 0 Å². The first-order chi connectivity index (χ1) is 14.7. The third kappa shape index (κ3) is 2.95. The molecule has 2 aromatic rings. The van der Waals surface area contributed by atoms with Gasteiger partial charge in [0.15, 0.2) is 0 Å². The molecule has 0 saturated carbocycles. The molecule has 2 fully saturated rings. The summed E-state index contributed by atoms with van der Waals surface area (Å²) in [5, 5.41) is 0. The second-order valence-electron chi connectivity index (χ2n) is 9.46. The zero-order valence-corrected chi connectivity index (χ0v) is 17.3. The molecule has 6 rings (SSSR count). The Morgan fingerprint density at radius 1 is 1.20 bits per heavy atom. The van der Waals surface area contributed by atoms with Gasteiger partial charge in [-0.2, -0.15) is 4.98 Å². The topological polar surface area (TPSA) is 47.5 Å². The van der Waals surface area contributed by atoms with Gasteiger partial charge in [0.05, 0.1) is 23.4 Å². The summed E-state index contributed by atoms with van der Waals surface area (Å²) in [4.78, 5) is 11.5. The fourth-order valence-electron chi connectivity index (χ4n) is 6.17. The van der Waals surface area contributed by atoms with Crippen LogP contribution in [0.25, 0.3) is 0 Å². The number of ether oxygens (including phenoxy) is 2. The minimum atomic E-state index is -0.748. The van der Waals surface area contributed by atoms with Crippen molar-refractivity contribution in [3.05, 3.63) is 52.8 Å². The molecule has 4 aliphatic rings. The van der Waals surface area contributed by atoms with E-state index in [2.05, 4.69) is 34.1 Å². The highest BCUT2D eigenvalue weighted by Gasteiger charge is 2.49. The molecule has 0 bridgehead atoms. The number of aromatic nitrogens is 2. The highest BCUT2D eigenvalue weighted by molar-refractivity contribution is 5.38. The Bertz CT molecular complexity index is 969. The van der Waals surface area contributed by atoms with E-state index < -0.39 is 6.17 Å². The van der Waals surface area contributed by atoms with Gasteiger partial charge >= 0.3 is 6.01 Å². The number of hydrogen-bond donors (Lipinski definition) is 0. The molecule has 158 valence electrons. The predicted octanol–water partition coefficient (Wildman–Crippen LogP) is 3.74. The van der Waals surface area contributed by atoms with Crippen molar-refractivity contribution in [3.8, 4) is 6.01 Å². The Hall–Kier alpha value is -2.05. The summed E-state index contributed by atoms with van der Waals surface area (Å²) in [6.07, 6.45) is 7.77. The van der Waals surface area contributed by atoms with E-state index in [1.807, 2.05) is 6.20 Å². The molecule has 1 unspecified atom stereocenters. The van der Waals surface area contributed by atoms with E-state index in [-0.39, 0.29) is 11.1 Å². The lowest BCUT2D eigenvalue weighted by Gasteiger charge is -2.42. The van der Waals surface area contributed by atoms with E-state index in [1.54, 1.807) is 0 Å². The second-order valence-corrected chi connectivity index (χ2v) is 9.46. The number of nitrogens with zero attached hydrogens (tertiary/aromatic N) is 3. The van der Waals surface area contributed by atoms with Gasteiger partial charge in [-0.1, -0.05) is 24.3 Å². The standard InChI is InChI=1S/C24H28FN3O2/c25-19-11-23(8-4-10-28(23)14-19)16-29-22-26-13-18-15-30-24(12-21(18)27-22)9-3-6-17-5-1-2-7-20(17)24/h1-2,5,7,13,19H,3-4,6,8-12,14-16H2/t19-,23+,24?/m1/s1. The van der Waals surface area contributed by atoms with Crippen molar-refractivity contribution in [1.29, 1.82) is 0 Å². The first-order valence-corrected chi connectivity index (χ1v) is 11.2. The van der Waals surface area contributed by atoms with Gasteiger partial charge in [0.25, 0.3) is 0 Å². The van der Waals surface area contributed by atoms with E-state index in [4.69, 9.17) is 14.5 Å². The van der Waals surface area contributed by atoms with Crippen molar-refractivity contribution in [1.82, 2.24) is 14.9 Å². The Balaban J connectivity index is 1.24. The number of benzene rings is 1. The van der Waals surface area contributed by atoms with E-state index in [9.17, 15) is 4.39 Å². The van der Waals surface area contributed by atoms with Crippen molar-refractivity contribution in [2.45, 2.75) is 68.9 Å². The fraction of sp³-hybridized carbons (Fsp3) is 0.583. The molecule has 2 saturated heterocycles. The molecule has 1 aromatic heterocycles. The van der Waals surface area contributed by atoms with E-state index in [0.29, 0.717) is 32.2 Å². The van der Waals surface area contributed by atoms with Gasteiger partial charge in [-0.05, 0) is 49.8 Å². The molecular weight excluding hydrogens is 381 g/mol. The molecule has 4 heterocycles. The molecule has 3 aliphatic heterocycles. The zero-order chi connectivity index (χ0) is 20.2. The summed E-state index contributed by atoms with van der Waals surface area (Å²) < 4.78 is 26.5. The predicted molar refractivity (Wildman–Crippen MR) is 110 cm³/mol. The van der Waals surface area contributed by atoms with Crippen LogP contribution in [-0.4, -0.2) is 46.3 Å². The molecule has 5 nitrogen and oxygen atoms in total. The van der Waals surface area contributed by atoms with Gasteiger partial charge in [0.1, 0.15) is 12.8 Å². The SMILES string of the molecule is F[C@H]1CN2CCC[C@@]2(COc2ncc3c(n2)CC2(CCCc4ccccc42)OC3)C1. The quantitative estimate of drug-likeness (QED) is 0.773. The van der Waals surface area contributed by atoms with Gasteiger partial charge in [-0.15, -0.1) is 0 Å². The minimum Gasteiger partial charge on any atom is -0.461 e. The van der Waals surface area contributed by atoms with Gasteiger partial charge in [-0.25, -0.2) is 9.37 Å². The van der Waals surface area contributed by atoms with Crippen molar-refractivity contribution in [3.63, 3.8) is 0 Å². The van der Waals surface area contributed by atoms with Crippen LogP contribution in [0.15, 0.2) is 30.5 Å². The number of rotatable bonds is 3. The molecule has 1 spiro atoms. The zero-order valence-electron chi connectivity index (χ0n) is 17.3. The summed E-state index contributed by atoms with van der Waals surface area (Å²) in [7, 11) is 0. The van der Waals surface area contributed by atoms with Crippen LogP contribution < -0.4 is 4.74 Å². The maximum Gasteiger partial charge on any atom is 0.316 e. The van der Waals surface area contributed by atoms with E-state index in [1.165, 1.54) is 11.1 Å². The average molecular weight is 410 g/mol. The van der Waals surface area contributed by atoms with Crippen LogP contribution in [0, 0.1) is 0 Å². The van der Waals surface area contributed by atoms with Crippen LogP contribution in [0.4, 0.5) is 4.39 Å². The van der Waals surface area contributed by atoms with Gasteiger partial charge in [0.2, 0.25) is 0 Å². The summed E-state index contributed by atoms with van der Waals surface area (Å²) in [6.45, 7) is 2.50. The molecular formula is C24H28FN3O2. The summed E-state index contributed by atoms with van der Waals surface area (Å²) in [6, 6.07) is 9.05. The van der Waals surface area contributed by atoms with Crippen LogP contribution in [-0.2, 0) is 29.8 Å². The maximum atomic E-state index is 14.0. The Morgan fingerprint density at radius 2 is 2.13 bits per heavy atom. The highest BCUT2D eigenvalue weighted by atomic mass is 19.1. The number of alkyl halides is 1. The van der Waals surface area contributed by atoms with Gasteiger partial charge < -0.3 is 9.47 Å². The first kappa shape index (κ1) is 18.7. The Kier molecular flexibility index (Phi) is 4.36. The van der Waals surface area contributed by atoms with E-state index >= 15 is 0 Å². The number of fused-ring (bicyclic) bond motifs is 4. The van der Waals surface area contributed by atoms with E-state index in [0.717, 1.165) is 56.3 Å². The average Bonchev–Trinajstić information content (AvgIpc) is 3.28. The van der Waals surface area contributed by atoms with Crippen LogP contribution >= 0.6 is 0 Å². The van der Waals surface area contributed by atoms with Crippen molar-refractivity contribution in [2.75, 3.05) is 19.7 Å². The first-order valence-electron chi connectivity index (χ1n) is 11.2. The van der Waals surface area contributed by atoms with Gasteiger partial charge in [-0.3, -0.25) is 4.90 Å². The highest BCUT2D eigenvalue weighted by Crippen LogP contribution is 2.44. The lowest BCUT2D eigenvalue weighted by molar-refractivity contribution is -0.0858. The van der Waals surface area contributed by atoms with Crippen LogP contribution in [0.2, 0.25) is 0 Å². The Morgan fingerprint density at radius 3 is 3.10 bits per heavy atom. The lowest BCUT2D eigenvalue weighted by Crippen LogP contribution is -2.43. The Labute approximate surface area is 176 Å². The third-order valence-electron chi connectivity index (χ3n) is 7.65. The smallest absolute Gasteiger partial charge is 0.316 e. The molecule has 6 heteroatoms. The van der Waals surface area contributed by atoms with Crippen LogP contribution in [0.5, 0.6) is 6.01 Å². The monoisotopic (exact) mass is 409 g/mol. The number of hydrogen-bond acceptors (Lipinski definition) is 5. The summed E-state index contributed by atoms with van der Waals surface area (Å²) in [5.74, 6) is 0. The minimum absolute atomic E-state index is 0.175. The molecule has 30 heavy (non-hydrogen) atoms. The van der Waals surface area contributed by atoms with Crippen LogP contribution in [0.3, 0.4) is 0 Å². The fourth-order valence-corrected chi connectivity index (χ4v) is 6.17. The molecule has 1 aliphatic carbocycles. The maximum absolute atomic E-state index is 14.0. The number of halogens is 1. The largest absolute Gasteiger partial charge is 0.461 e. The molecule has 0 amide bonds. The van der Waals surface area contributed by atoms with Gasteiger partial charge in [0, 0.05) is 31.1 Å². The lowest BCUT2D eigenvalue weighted by atomic mass is 9.75. The molecule has 3 atom stereocenters. The number of aryl methyl sites for hydroxylation is 1. The summed E-state index contributed by atoms with van der Waals surface area (Å²) in [5.41, 5.74) is 4.30. The second kappa shape index (κ2) is 6.99. The van der Waals surface area contributed by atoms with Crippen molar-refractivity contribution < 1.29 is 13.9 Å². The normalized spacial score (nSPS) is 32.6. The third-order valence-corrected chi connectivity index (χ3v) is 7.65. The van der Waals surface area contributed by atoms with Crippen LogP contribution in [0.1, 0.15) is 54.5 Å². The molecule has 1 aromatic carbocycles. The summed E-state index contributed by atoms with van der Waals surface area (Å²) >= 11 is 0. The van der Waals surface area contributed by atoms with Crippen molar-refractivity contribution in [2.24, 2.45) is 0 Å².